The minimum Gasteiger partial charge on any atom is -0.356 e. The summed E-state index contributed by atoms with van der Waals surface area (Å²) in [5.74, 6) is -3.26. The van der Waals surface area contributed by atoms with Crippen LogP contribution in [-0.4, -0.2) is 78.2 Å². The van der Waals surface area contributed by atoms with E-state index in [1.165, 1.54) is 12.4 Å². The standard InChI is InChI=1S/C39H42F5N7O6S2/c40-27-13-14-28(51-59(56,57)24-11-9-23(10-12-24)39(42,43)44)34(41)33(27)36(54)26-20-48-37-25(26)18-22(19-47-37)8-15-32(53)46-17-5-1-4-16-45-31(52)7-3-2-6-30-35-29(21-58-30)49-38(55)50-35/h9-14,18-20,29-30,35,51H,1-8,15-17,21H2,(H,45,52)(H,46,53)(H,47,48)(H2,49,50,55). The number of alkyl halides is 3. The van der Waals surface area contributed by atoms with Crippen LogP contribution in [0.4, 0.5) is 32.4 Å². The summed E-state index contributed by atoms with van der Waals surface area (Å²) in [6.45, 7) is 0.982. The van der Waals surface area contributed by atoms with Crippen molar-refractivity contribution in [1.29, 1.82) is 0 Å². The highest BCUT2D eigenvalue weighted by Crippen LogP contribution is 2.34. The molecule has 2 saturated heterocycles. The maximum atomic E-state index is 15.6. The first-order valence-corrected chi connectivity index (χ1v) is 21.5. The lowest BCUT2D eigenvalue weighted by Gasteiger charge is -2.16. The third kappa shape index (κ3) is 10.9. The summed E-state index contributed by atoms with van der Waals surface area (Å²) in [4.78, 5) is 56.2. The average Bonchev–Trinajstić information content (AvgIpc) is 3.90. The highest BCUT2D eigenvalue weighted by Gasteiger charge is 2.42. The largest absolute Gasteiger partial charge is 0.416 e. The number of urea groups is 1. The third-order valence-electron chi connectivity index (χ3n) is 10.1. The Morgan fingerprint density at radius 1 is 0.898 bits per heavy atom. The number of halogens is 5. The second-order valence-corrected chi connectivity index (χ2v) is 17.3. The number of hydrogen-bond donors (Lipinski definition) is 6. The van der Waals surface area contributed by atoms with Gasteiger partial charge in [-0.05, 0) is 86.6 Å². The molecule has 6 N–H and O–H groups in total. The first-order valence-electron chi connectivity index (χ1n) is 19.0. The molecule has 2 fully saturated rings. The van der Waals surface area contributed by atoms with Gasteiger partial charge in [0.2, 0.25) is 17.6 Å². The maximum absolute atomic E-state index is 15.6. The lowest BCUT2D eigenvalue weighted by Crippen LogP contribution is -2.36. The average molecular weight is 864 g/mol. The van der Waals surface area contributed by atoms with Crippen molar-refractivity contribution in [3.63, 3.8) is 0 Å². The van der Waals surface area contributed by atoms with Crippen LogP contribution in [0.25, 0.3) is 11.0 Å². The Morgan fingerprint density at radius 2 is 1.61 bits per heavy atom. The van der Waals surface area contributed by atoms with E-state index in [-0.39, 0.29) is 59.4 Å². The summed E-state index contributed by atoms with van der Waals surface area (Å²) < 4.78 is 97.0. The van der Waals surface area contributed by atoms with Crippen molar-refractivity contribution in [2.45, 2.75) is 86.2 Å². The first kappa shape index (κ1) is 43.3. The molecule has 3 atom stereocenters. The molecular weight excluding hydrogens is 822 g/mol. The number of sulfonamides is 1. The molecule has 2 aliphatic heterocycles. The number of aryl methyl sites for hydroxylation is 1. The normalized spacial score (nSPS) is 17.6. The van der Waals surface area contributed by atoms with Gasteiger partial charge in [-0.3, -0.25) is 19.1 Å². The Bertz CT molecular complexity index is 2310. The fraction of sp³-hybridized carbons (Fsp3) is 0.410. The Kier molecular flexibility index (Phi) is 13.8. The number of carbonyl (C=O) groups excluding carboxylic acids is 4. The number of amides is 4. The molecule has 0 bridgehead atoms. The lowest BCUT2D eigenvalue weighted by molar-refractivity contribution is -0.137. The number of benzene rings is 2. The molecule has 2 aromatic heterocycles. The van der Waals surface area contributed by atoms with Gasteiger partial charge >= 0.3 is 12.2 Å². The number of H-pyrrole nitrogens is 1. The number of pyridine rings is 1. The topological polar surface area (TPSA) is 191 Å². The van der Waals surface area contributed by atoms with Gasteiger partial charge in [0, 0.05) is 60.3 Å². The Balaban J connectivity index is 0.924. The van der Waals surface area contributed by atoms with Crippen LogP contribution >= 0.6 is 11.8 Å². The maximum Gasteiger partial charge on any atom is 0.416 e. The number of ketones is 1. The van der Waals surface area contributed by atoms with E-state index in [0.29, 0.717) is 67.1 Å². The van der Waals surface area contributed by atoms with Crippen molar-refractivity contribution >= 4 is 62.1 Å². The van der Waals surface area contributed by atoms with Crippen molar-refractivity contribution in [2.24, 2.45) is 0 Å². The van der Waals surface area contributed by atoms with Crippen LogP contribution in [0.3, 0.4) is 0 Å². The Hall–Kier alpha value is -5.24. The Morgan fingerprint density at radius 3 is 2.32 bits per heavy atom. The van der Waals surface area contributed by atoms with Crippen LogP contribution in [0, 0.1) is 11.6 Å². The van der Waals surface area contributed by atoms with Crippen LogP contribution in [0.15, 0.2) is 59.8 Å². The van der Waals surface area contributed by atoms with Crippen LogP contribution in [0.5, 0.6) is 0 Å². The number of nitrogens with one attached hydrogen (secondary N) is 6. The van der Waals surface area contributed by atoms with E-state index in [0.717, 1.165) is 43.9 Å². The minimum atomic E-state index is -4.72. The van der Waals surface area contributed by atoms with E-state index in [9.17, 15) is 45.2 Å². The summed E-state index contributed by atoms with van der Waals surface area (Å²) in [5, 5.41) is 12.3. The first-order chi connectivity index (χ1) is 28.1. The molecule has 3 unspecified atom stereocenters. The van der Waals surface area contributed by atoms with Gasteiger partial charge in [-0.1, -0.05) is 6.42 Å². The van der Waals surface area contributed by atoms with E-state index < -0.39 is 55.3 Å². The fourth-order valence-electron chi connectivity index (χ4n) is 6.96. The molecule has 316 valence electrons. The van der Waals surface area contributed by atoms with Crippen molar-refractivity contribution in [2.75, 3.05) is 23.6 Å². The highest BCUT2D eigenvalue weighted by molar-refractivity contribution is 8.00. The number of aromatic nitrogens is 2. The summed E-state index contributed by atoms with van der Waals surface area (Å²) in [6, 6.07) is 5.67. The van der Waals surface area contributed by atoms with E-state index in [2.05, 4.69) is 31.2 Å². The molecule has 2 aliphatic rings. The van der Waals surface area contributed by atoms with E-state index in [1.54, 1.807) is 6.07 Å². The van der Waals surface area contributed by atoms with E-state index in [4.69, 9.17) is 0 Å². The van der Waals surface area contributed by atoms with Crippen molar-refractivity contribution in [3.8, 4) is 0 Å². The molecule has 4 heterocycles. The lowest BCUT2D eigenvalue weighted by atomic mass is 10.0. The van der Waals surface area contributed by atoms with Gasteiger partial charge in [-0.2, -0.15) is 24.9 Å². The van der Waals surface area contributed by atoms with Gasteiger partial charge < -0.3 is 26.3 Å². The number of nitrogens with zero attached hydrogens (tertiary/aromatic N) is 1. The number of anilines is 1. The van der Waals surface area contributed by atoms with Gasteiger partial charge in [0.25, 0.3) is 10.0 Å². The molecule has 6 rings (SSSR count). The highest BCUT2D eigenvalue weighted by atomic mass is 32.2. The van der Waals surface area contributed by atoms with Crippen LogP contribution in [0.1, 0.15) is 78.4 Å². The fourth-order valence-corrected chi connectivity index (χ4v) is 9.57. The number of hydrogen-bond acceptors (Lipinski definition) is 8. The number of rotatable bonds is 19. The third-order valence-corrected chi connectivity index (χ3v) is 13.0. The van der Waals surface area contributed by atoms with Crippen LogP contribution in [-0.2, 0) is 32.2 Å². The Labute approximate surface area is 340 Å². The van der Waals surface area contributed by atoms with Crippen molar-refractivity contribution < 1.29 is 49.5 Å². The SMILES string of the molecule is O=C(CCCCC1SCC2NC(=O)NC21)NCCCCCNC(=O)CCc1cnc2[nH]cc(C(=O)c3c(F)ccc(NS(=O)(=O)c4ccc(C(F)(F)F)cc4)c3F)c2c1. The van der Waals surface area contributed by atoms with Gasteiger partial charge in [-0.15, -0.1) is 0 Å². The quantitative estimate of drug-likeness (QED) is 0.0288. The summed E-state index contributed by atoms with van der Waals surface area (Å²) in [6.07, 6.45) is 3.66. The molecule has 2 aromatic carbocycles. The zero-order chi connectivity index (χ0) is 42.3. The number of unbranched alkanes of at least 4 members (excludes halogenated alkanes) is 3. The minimum absolute atomic E-state index is 0.00553. The number of aromatic amines is 1. The van der Waals surface area contributed by atoms with E-state index >= 15 is 4.39 Å². The van der Waals surface area contributed by atoms with Gasteiger partial charge in [0.05, 0.1) is 33.8 Å². The number of carbonyl (C=O) groups is 4. The van der Waals surface area contributed by atoms with Gasteiger partial charge in [0.1, 0.15) is 11.5 Å². The molecule has 0 radical (unpaired) electrons. The zero-order valence-electron chi connectivity index (χ0n) is 31.5. The molecule has 4 amide bonds. The predicted molar refractivity (Wildman–Crippen MR) is 210 cm³/mol. The monoisotopic (exact) mass is 863 g/mol. The molecule has 59 heavy (non-hydrogen) atoms. The second-order valence-electron chi connectivity index (χ2n) is 14.3. The van der Waals surface area contributed by atoms with Crippen molar-refractivity contribution in [3.05, 3.63) is 88.7 Å². The molecule has 20 heteroatoms. The molecule has 13 nitrogen and oxygen atoms in total. The van der Waals surface area contributed by atoms with Gasteiger partial charge in [-0.25, -0.2) is 27.0 Å². The molecular formula is C39H42F5N7O6S2. The number of fused-ring (bicyclic) bond motifs is 2. The zero-order valence-corrected chi connectivity index (χ0v) is 33.1. The van der Waals surface area contributed by atoms with Crippen LogP contribution in [0.2, 0.25) is 0 Å². The van der Waals surface area contributed by atoms with Crippen molar-refractivity contribution in [1.82, 2.24) is 31.2 Å². The molecule has 0 aliphatic carbocycles. The summed E-state index contributed by atoms with van der Waals surface area (Å²) >= 11 is 1.86. The molecule has 4 aromatic rings. The number of thioether (sulfide) groups is 1. The molecule has 0 spiro atoms. The van der Waals surface area contributed by atoms with Crippen LogP contribution < -0.4 is 26.0 Å². The second kappa shape index (κ2) is 18.8. The predicted octanol–water partition coefficient (Wildman–Crippen LogP) is 5.95. The summed E-state index contributed by atoms with van der Waals surface area (Å²) in [5.41, 5.74) is -2.38. The summed E-state index contributed by atoms with van der Waals surface area (Å²) in [7, 11) is -4.65. The molecule has 0 saturated carbocycles. The smallest absolute Gasteiger partial charge is 0.356 e. The van der Waals surface area contributed by atoms with E-state index in [1.807, 2.05) is 16.5 Å². The van der Waals surface area contributed by atoms with Gasteiger partial charge in [0.15, 0.2) is 5.82 Å².